The van der Waals surface area contributed by atoms with Gasteiger partial charge in [0, 0.05) is 70.3 Å². The van der Waals surface area contributed by atoms with Crippen LogP contribution in [0.3, 0.4) is 0 Å². The molecule has 7 heteroatoms. The van der Waals surface area contributed by atoms with Crippen molar-refractivity contribution in [3.63, 3.8) is 0 Å². The van der Waals surface area contributed by atoms with E-state index in [0.717, 1.165) is 57.4 Å². The monoisotopic (exact) mass is 433 g/mol. The molecule has 0 unspecified atom stereocenters. The highest BCUT2D eigenvalue weighted by molar-refractivity contribution is 5.53. The smallest absolute Gasteiger partial charge is 0.138 e. The van der Waals surface area contributed by atoms with Gasteiger partial charge in [-0.25, -0.2) is 4.98 Å². The molecule has 6 rings (SSSR count). The molecule has 3 aromatic rings. The number of aryl methyl sites for hydroxylation is 1. The minimum absolute atomic E-state index is 0.358. The first-order chi connectivity index (χ1) is 15.8. The van der Waals surface area contributed by atoms with E-state index in [1.165, 1.54) is 49.3 Å². The van der Waals surface area contributed by atoms with Gasteiger partial charge in [0.2, 0.25) is 0 Å². The summed E-state index contributed by atoms with van der Waals surface area (Å²) in [4.78, 5) is 13.0. The van der Waals surface area contributed by atoms with E-state index in [-0.39, 0.29) is 0 Å². The van der Waals surface area contributed by atoms with Crippen molar-refractivity contribution in [2.45, 2.75) is 51.7 Å². The van der Waals surface area contributed by atoms with E-state index in [1.807, 2.05) is 10.9 Å². The minimum atomic E-state index is 0.358. The van der Waals surface area contributed by atoms with Crippen LogP contribution in [0.25, 0.3) is 5.65 Å². The zero-order chi connectivity index (χ0) is 21.5. The Balaban J connectivity index is 1.27. The Morgan fingerprint density at radius 1 is 1.03 bits per heavy atom. The van der Waals surface area contributed by atoms with Crippen LogP contribution in [-0.4, -0.2) is 68.2 Å². The second-order valence-electron chi connectivity index (χ2n) is 9.87. The fourth-order valence-corrected chi connectivity index (χ4v) is 5.45. The lowest BCUT2D eigenvalue weighted by molar-refractivity contribution is 0.0640. The maximum absolute atomic E-state index is 5.16. The number of imidazole rings is 1. The van der Waals surface area contributed by atoms with Crippen molar-refractivity contribution < 1.29 is 0 Å². The van der Waals surface area contributed by atoms with Crippen LogP contribution in [0.4, 0.5) is 5.82 Å². The number of hydrogen-bond acceptors (Lipinski definition) is 5. The molecule has 3 aliphatic rings. The lowest BCUT2D eigenvalue weighted by Gasteiger charge is -2.40. The molecule has 3 fully saturated rings. The molecular formula is C25H35N7. The number of fused-ring (bicyclic) bond motifs is 1. The average Bonchev–Trinajstić information content (AvgIpc) is 3.22. The van der Waals surface area contributed by atoms with Gasteiger partial charge in [0.1, 0.15) is 11.5 Å². The van der Waals surface area contributed by atoms with Crippen molar-refractivity contribution in [3.8, 4) is 0 Å². The van der Waals surface area contributed by atoms with E-state index in [0.29, 0.717) is 6.04 Å². The number of nitrogens with zero attached hydrogens (tertiary/aromatic N) is 7. The quantitative estimate of drug-likeness (QED) is 0.571. The predicted octanol–water partition coefficient (Wildman–Crippen LogP) is 3.42. The fraction of sp³-hybridized carbons (Fsp3) is 0.600. The van der Waals surface area contributed by atoms with Crippen LogP contribution >= 0.6 is 0 Å². The van der Waals surface area contributed by atoms with Gasteiger partial charge < -0.3 is 4.90 Å². The van der Waals surface area contributed by atoms with Gasteiger partial charge in [0.25, 0.3) is 0 Å². The van der Waals surface area contributed by atoms with Crippen molar-refractivity contribution in [3.05, 3.63) is 48.0 Å². The largest absolute Gasteiger partial charge is 0.358 e. The molecule has 32 heavy (non-hydrogen) atoms. The van der Waals surface area contributed by atoms with Crippen LogP contribution in [0.1, 0.15) is 49.9 Å². The third-order valence-electron chi connectivity index (χ3n) is 7.44. The molecule has 0 amide bonds. The summed E-state index contributed by atoms with van der Waals surface area (Å²) in [5, 5.41) is 4.48. The normalized spacial score (nSPS) is 22.9. The van der Waals surface area contributed by atoms with Gasteiger partial charge in [-0.3, -0.25) is 18.9 Å². The van der Waals surface area contributed by atoms with E-state index < -0.39 is 0 Å². The fourth-order valence-electron chi connectivity index (χ4n) is 5.45. The number of aromatic nitrogens is 4. The van der Waals surface area contributed by atoms with Gasteiger partial charge in [0.05, 0.1) is 17.9 Å². The van der Waals surface area contributed by atoms with Crippen LogP contribution in [0.15, 0.2) is 36.8 Å². The van der Waals surface area contributed by atoms with Gasteiger partial charge in [0.15, 0.2) is 0 Å². The van der Waals surface area contributed by atoms with E-state index >= 15 is 0 Å². The lowest BCUT2D eigenvalue weighted by atomic mass is 10.1. The van der Waals surface area contributed by atoms with Crippen molar-refractivity contribution >= 4 is 11.5 Å². The molecule has 1 atom stereocenters. The second-order valence-corrected chi connectivity index (χ2v) is 9.87. The molecule has 0 radical (unpaired) electrons. The zero-order valence-electron chi connectivity index (χ0n) is 19.2. The lowest BCUT2D eigenvalue weighted by Crippen LogP contribution is -2.48. The van der Waals surface area contributed by atoms with Gasteiger partial charge in [-0.2, -0.15) is 5.10 Å². The summed E-state index contributed by atoms with van der Waals surface area (Å²) in [6, 6.07) is 6.94. The molecule has 0 bridgehead atoms. The molecule has 0 aromatic carbocycles. The van der Waals surface area contributed by atoms with Gasteiger partial charge >= 0.3 is 0 Å². The van der Waals surface area contributed by atoms with E-state index in [1.54, 1.807) is 0 Å². The summed E-state index contributed by atoms with van der Waals surface area (Å²) in [7, 11) is 0. The van der Waals surface area contributed by atoms with Crippen molar-refractivity contribution in [1.29, 1.82) is 0 Å². The van der Waals surface area contributed by atoms with Crippen molar-refractivity contribution in [2.75, 3.05) is 44.2 Å². The van der Waals surface area contributed by atoms with Crippen LogP contribution in [-0.2, 0) is 13.1 Å². The third-order valence-corrected chi connectivity index (χ3v) is 7.44. The van der Waals surface area contributed by atoms with Crippen LogP contribution in [0.5, 0.6) is 0 Å². The molecular weight excluding hydrogens is 398 g/mol. The predicted molar refractivity (Wildman–Crippen MR) is 127 cm³/mol. The first-order valence-corrected chi connectivity index (χ1v) is 12.5. The first kappa shape index (κ1) is 20.2. The summed E-state index contributed by atoms with van der Waals surface area (Å²) in [6.07, 6.45) is 11.9. The third kappa shape index (κ3) is 4.04. The summed E-state index contributed by atoms with van der Waals surface area (Å²) in [5.41, 5.74) is 3.62. The maximum atomic E-state index is 5.16. The molecule has 0 spiro atoms. The molecule has 3 aromatic heterocycles. The highest BCUT2D eigenvalue weighted by atomic mass is 15.3. The Labute approximate surface area is 190 Å². The number of rotatable bonds is 7. The molecule has 1 aliphatic carbocycles. The topological polar surface area (TPSA) is 44.8 Å². The molecule has 2 aliphatic heterocycles. The SMILES string of the molecule is CCn1cc(CN2CCN(CC3CC3)[C@H](c3cn4c(N5CCCC5)cccc4n3)C2)cn1. The zero-order valence-corrected chi connectivity index (χ0v) is 19.2. The number of piperazine rings is 1. The Hall–Kier alpha value is -2.38. The number of anilines is 1. The van der Waals surface area contributed by atoms with Crippen LogP contribution < -0.4 is 4.90 Å². The van der Waals surface area contributed by atoms with Gasteiger partial charge in [-0.15, -0.1) is 0 Å². The Morgan fingerprint density at radius 3 is 2.69 bits per heavy atom. The maximum Gasteiger partial charge on any atom is 0.138 e. The summed E-state index contributed by atoms with van der Waals surface area (Å²) in [5.74, 6) is 2.19. The standard InChI is InChI=1S/C25H35N7/c1-2-31-17-21(14-26-31)15-28-12-13-30(16-20-8-9-20)23(19-28)22-18-32-24(27-22)6-5-7-25(32)29-10-3-4-11-29/h5-7,14,17-18,20,23H,2-4,8-13,15-16,19H2,1H3/t23-/m0/s1. The van der Waals surface area contributed by atoms with Gasteiger partial charge in [-0.05, 0) is 50.7 Å². The van der Waals surface area contributed by atoms with Crippen molar-refractivity contribution in [1.82, 2.24) is 29.0 Å². The highest BCUT2D eigenvalue weighted by Gasteiger charge is 2.34. The van der Waals surface area contributed by atoms with Crippen LogP contribution in [0, 0.1) is 5.92 Å². The second kappa shape index (κ2) is 8.52. The number of pyridine rings is 1. The summed E-state index contributed by atoms with van der Waals surface area (Å²) < 4.78 is 4.36. The van der Waals surface area contributed by atoms with E-state index in [4.69, 9.17) is 4.98 Å². The Kier molecular flexibility index (Phi) is 5.39. The average molecular weight is 434 g/mol. The molecule has 5 heterocycles. The molecule has 7 nitrogen and oxygen atoms in total. The van der Waals surface area contributed by atoms with Gasteiger partial charge in [-0.1, -0.05) is 6.07 Å². The Morgan fingerprint density at radius 2 is 1.91 bits per heavy atom. The van der Waals surface area contributed by atoms with E-state index in [9.17, 15) is 0 Å². The first-order valence-electron chi connectivity index (χ1n) is 12.5. The molecule has 0 N–H and O–H groups in total. The molecule has 1 saturated carbocycles. The van der Waals surface area contributed by atoms with Crippen LogP contribution in [0.2, 0.25) is 0 Å². The summed E-state index contributed by atoms with van der Waals surface area (Å²) >= 11 is 0. The number of hydrogen-bond donors (Lipinski definition) is 0. The molecule has 2 saturated heterocycles. The van der Waals surface area contributed by atoms with E-state index in [2.05, 4.69) is 61.7 Å². The van der Waals surface area contributed by atoms with Crippen molar-refractivity contribution in [2.24, 2.45) is 5.92 Å². The summed E-state index contributed by atoms with van der Waals surface area (Å²) in [6.45, 7) is 10.9. The highest BCUT2D eigenvalue weighted by Crippen LogP contribution is 2.35. The Bertz CT molecular complexity index is 1060. The molecule has 170 valence electrons. The minimum Gasteiger partial charge on any atom is -0.358 e.